The van der Waals surface area contributed by atoms with Crippen LogP contribution in [0.4, 0.5) is 5.69 Å². The number of hydrogen-bond acceptors (Lipinski definition) is 3. The molecule has 0 radical (unpaired) electrons. The van der Waals surface area contributed by atoms with E-state index in [1.807, 2.05) is 48.0 Å². The minimum Gasteiger partial charge on any atom is -0.388 e. The van der Waals surface area contributed by atoms with E-state index in [-0.39, 0.29) is 10.8 Å². The molecule has 2 aliphatic heterocycles. The van der Waals surface area contributed by atoms with Crippen LogP contribution >= 0.6 is 11.8 Å². The molecule has 3 nitrogen and oxygen atoms in total. The number of carbonyl (C=O) groups is 1. The Morgan fingerprint density at radius 2 is 2.05 bits per heavy atom. The van der Waals surface area contributed by atoms with Gasteiger partial charge in [0.1, 0.15) is 4.87 Å². The van der Waals surface area contributed by atoms with Crippen LogP contribution in [0.2, 0.25) is 0 Å². The number of carbonyl (C=O) groups excluding carboxylic acids is 1. The molecule has 0 spiro atoms. The van der Waals surface area contributed by atoms with E-state index in [9.17, 15) is 4.79 Å². The Labute approximate surface area is 128 Å². The van der Waals surface area contributed by atoms with Crippen molar-refractivity contribution in [1.82, 2.24) is 4.90 Å². The summed E-state index contributed by atoms with van der Waals surface area (Å²) in [5.41, 5.74) is 4.23. The zero-order valence-corrected chi connectivity index (χ0v) is 12.6. The molecule has 2 aliphatic rings. The molecule has 4 heteroatoms. The predicted octanol–water partition coefficient (Wildman–Crippen LogP) is 3.13. The lowest BCUT2D eigenvalue weighted by Gasteiger charge is -2.32. The minimum absolute atomic E-state index is 0.158. The van der Waals surface area contributed by atoms with Crippen molar-refractivity contribution in [3.05, 3.63) is 65.2 Å². The SMILES string of the molecule is CNc1cccc(C23SCCN2C(=O)c2ccccc23)c1. The van der Waals surface area contributed by atoms with Crippen LogP contribution in [0.25, 0.3) is 0 Å². The molecule has 21 heavy (non-hydrogen) atoms. The first kappa shape index (κ1) is 12.8. The Bertz CT molecular complexity index is 730. The molecular formula is C17H16N2OS. The average Bonchev–Trinajstić information content (AvgIpc) is 3.08. The molecule has 1 unspecified atom stereocenters. The Hall–Kier alpha value is -1.94. The maximum absolute atomic E-state index is 12.7. The van der Waals surface area contributed by atoms with Crippen LogP contribution in [-0.2, 0) is 4.87 Å². The van der Waals surface area contributed by atoms with Crippen molar-refractivity contribution in [3.63, 3.8) is 0 Å². The van der Waals surface area contributed by atoms with Gasteiger partial charge in [0.05, 0.1) is 0 Å². The fourth-order valence-corrected chi connectivity index (χ4v) is 4.90. The molecule has 106 valence electrons. The summed E-state index contributed by atoms with van der Waals surface area (Å²) in [4.78, 5) is 14.4. The van der Waals surface area contributed by atoms with Gasteiger partial charge in [0, 0.05) is 36.2 Å². The second kappa shape index (κ2) is 4.53. The number of thioether (sulfide) groups is 1. The summed E-state index contributed by atoms with van der Waals surface area (Å²) in [6.07, 6.45) is 0. The summed E-state index contributed by atoms with van der Waals surface area (Å²) < 4.78 is 0. The van der Waals surface area contributed by atoms with Gasteiger partial charge in [-0.1, -0.05) is 30.3 Å². The van der Waals surface area contributed by atoms with Gasteiger partial charge >= 0.3 is 0 Å². The molecule has 1 saturated heterocycles. The quantitative estimate of drug-likeness (QED) is 0.924. The highest BCUT2D eigenvalue weighted by Crippen LogP contribution is 2.55. The van der Waals surface area contributed by atoms with E-state index in [0.29, 0.717) is 0 Å². The van der Waals surface area contributed by atoms with Crippen molar-refractivity contribution in [2.75, 3.05) is 24.7 Å². The summed E-state index contributed by atoms with van der Waals surface area (Å²) in [6.45, 7) is 0.808. The maximum Gasteiger partial charge on any atom is 0.255 e. The van der Waals surface area contributed by atoms with E-state index >= 15 is 0 Å². The number of anilines is 1. The summed E-state index contributed by atoms with van der Waals surface area (Å²) >= 11 is 1.86. The van der Waals surface area contributed by atoms with Gasteiger partial charge in [0.2, 0.25) is 0 Å². The molecule has 1 fully saturated rings. The van der Waals surface area contributed by atoms with Crippen LogP contribution < -0.4 is 5.32 Å². The largest absolute Gasteiger partial charge is 0.388 e. The van der Waals surface area contributed by atoms with Crippen molar-refractivity contribution in [2.45, 2.75) is 4.87 Å². The lowest BCUT2D eigenvalue weighted by molar-refractivity contribution is 0.0752. The smallest absolute Gasteiger partial charge is 0.255 e. The fourth-order valence-electron chi connectivity index (χ4n) is 3.38. The van der Waals surface area contributed by atoms with Gasteiger partial charge in [-0.15, -0.1) is 11.8 Å². The molecule has 2 aromatic carbocycles. The lowest BCUT2D eigenvalue weighted by atomic mass is 9.96. The Balaban J connectivity index is 1.97. The highest BCUT2D eigenvalue weighted by molar-refractivity contribution is 8.00. The summed E-state index contributed by atoms with van der Waals surface area (Å²) in [5.74, 6) is 1.13. The molecular weight excluding hydrogens is 280 g/mol. The minimum atomic E-state index is -0.347. The van der Waals surface area contributed by atoms with Crippen molar-refractivity contribution in [2.24, 2.45) is 0 Å². The molecule has 4 rings (SSSR count). The van der Waals surface area contributed by atoms with Gasteiger partial charge in [-0.05, 0) is 23.8 Å². The zero-order chi connectivity index (χ0) is 14.4. The van der Waals surface area contributed by atoms with E-state index in [0.717, 1.165) is 29.1 Å². The van der Waals surface area contributed by atoms with Gasteiger partial charge < -0.3 is 10.2 Å². The Morgan fingerprint density at radius 3 is 2.90 bits per heavy atom. The third-order valence-electron chi connectivity index (χ3n) is 4.32. The second-order valence-electron chi connectivity index (χ2n) is 5.33. The summed E-state index contributed by atoms with van der Waals surface area (Å²) in [5, 5.41) is 3.19. The zero-order valence-electron chi connectivity index (χ0n) is 11.8. The van der Waals surface area contributed by atoms with Gasteiger partial charge in [-0.3, -0.25) is 4.79 Å². The highest BCUT2D eigenvalue weighted by Gasteiger charge is 2.54. The number of nitrogens with one attached hydrogen (secondary N) is 1. The first-order valence-electron chi connectivity index (χ1n) is 7.11. The molecule has 1 amide bonds. The number of rotatable bonds is 2. The van der Waals surface area contributed by atoms with Gasteiger partial charge in [-0.25, -0.2) is 0 Å². The van der Waals surface area contributed by atoms with Gasteiger partial charge in [-0.2, -0.15) is 0 Å². The number of fused-ring (bicyclic) bond motifs is 3. The summed E-state index contributed by atoms with van der Waals surface area (Å²) in [7, 11) is 1.92. The third kappa shape index (κ3) is 1.59. The third-order valence-corrected chi connectivity index (χ3v) is 5.80. The van der Waals surface area contributed by atoms with E-state index in [1.165, 1.54) is 5.56 Å². The number of hydrogen-bond donors (Lipinski definition) is 1. The first-order valence-corrected chi connectivity index (χ1v) is 8.09. The van der Waals surface area contributed by atoms with Crippen molar-refractivity contribution >= 4 is 23.4 Å². The predicted molar refractivity (Wildman–Crippen MR) is 86.7 cm³/mol. The number of benzene rings is 2. The molecule has 0 aromatic heterocycles. The molecule has 0 bridgehead atoms. The van der Waals surface area contributed by atoms with Crippen LogP contribution in [0.15, 0.2) is 48.5 Å². The normalized spacial score (nSPS) is 23.1. The Morgan fingerprint density at radius 1 is 1.19 bits per heavy atom. The average molecular weight is 296 g/mol. The molecule has 1 atom stereocenters. The first-order chi connectivity index (χ1) is 10.3. The van der Waals surface area contributed by atoms with Crippen molar-refractivity contribution in [3.8, 4) is 0 Å². The fraction of sp³-hybridized carbons (Fsp3) is 0.235. The molecule has 2 heterocycles. The van der Waals surface area contributed by atoms with Crippen molar-refractivity contribution in [1.29, 1.82) is 0 Å². The summed E-state index contributed by atoms with van der Waals surface area (Å²) in [6, 6.07) is 16.4. The number of nitrogens with zero attached hydrogens (tertiary/aromatic N) is 1. The van der Waals surface area contributed by atoms with E-state index < -0.39 is 0 Å². The monoisotopic (exact) mass is 296 g/mol. The van der Waals surface area contributed by atoms with Crippen LogP contribution in [-0.4, -0.2) is 30.2 Å². The number of amides is 1. The van der Waals surface area contributed by atoms with E-state index in [2.05, 4.69) is 29.6 Å². The lowest BCUT2D eigenvalue weighted by Crippen LogP contribution is -2.37. The van der Waals surface area contributed by atoms with Gasteiger partial charge in [0.15, 0.2) is 0 Å². The van der Waals surface area contributed by atoms with Crippen LogP contribution in [0, 0.1) is 0 Å². The molecule has 0 aliphatic carbocycles. The van der Waals surface area contributed by atoms with Crippen molar-refractivity contribution < 1.29 is 4.79 Å². The van der Waals surface area contributed by atoms with Gasteiger partial charge in [0.25, 0.3) is 5.91 Å². The maximum atomic E-state index is 12.7. The molecule has 1 N–H and O–H groups in total. The molecule has 2 aromatic rings. The molecule has 0 saturated carbocycles. The topological polar surface area (TPSA) is 32.3 Å². The van der Waals surface area contributed by atoms with Crippen LogP contribution in [0.1, 0.15) is 21.5 Å². The van der Waals surface area contributed by atoms with E-state index in [4.69, 9.17) is 0 Å². The van der Waals surface area contributed by atoms with E-state index in [1.54, 1.807) is 0 Å². The second-order valence-corrected chi connectivity index (χ2v) is 6.61. The highest BCUT2D eigenvalue weighted by atomic mass is 32.2. The van der Waals surface area contributed by atoms with Crippen LogP contribution in [0.5, 0.6) is 0 Å². The Kier molecular flexibility index (Phi) is 2.76. The van der Waals surface area contributed by atoms with Crippen LogP contribution in [0.3, 0.4) is 0 Å². The standard InChI is InChI=1S/C17H16N2OS/c1-18-13-6-4-5-12(11-13)17-15-8-3-2-7-14(15)16(20)19(17)9-10-21-17/h2-8,11,18H,9-10H2,1H3.